The molecule has 0 aromatic carbocycles. The molecule has 1 unspecified atom stereocenters. The van der Waals surface area contributed by atoms with Gasteiger partial charge in [0, 0.05) is 25.0 Å². The Bertz CT molecular complexity index is 390. The van der Waals surface area contributed by atoms with E-state index in [2.05, 4.69) is 4.72 Å². The van der Waals surface area contributed by atoms with E-state index in [-0.39, 0.29) is 17.9 Å². The van der Waals surface area contributed by atoms with E-state index in [0.717, 1.165) is 32.1 Å². The summed E-state index contributed by atoms with van der Waals surface area (Å²) in [6.45, 7) is 2.06. The lowest BCUT2D eigenvalue weighted by atomic mass is 10.0. The van der Waals surface area contributed by atoms with E-state index in [4.69, 9.17) is 0 Å². The van der Waals surface area contributed by atoms with Crippen molar-refractivity contribution in [3.8, 4) is 0 Å². The summed E-state index contributed by atoms with van der Waals surface area (Å²) in [4.78, 5) is 11.2. The van der Waals surface area contributed by atoms with Crippen molar-refractivity contribution in [2.75, 3.05) is 6.54 Å². The van der Waals surface area contributed by atoms with Crippen LogP contribution < -0.4 is 4.72 Å². The molecule has 0 amide bonds. The molecular formula is C11H20N2O3S. The number of carbonyl (C=O) groups is 1. The minimum Gasteiger partial charge on any atom is -0.300 e. The van der Waals surface area contributed by atoms with Crippen LogP contribution in [0.25, 0.3) is 0 Å². The molecule has 2 fully saturated rings. The second kappa shape index (κ2) is 5.04. The highest BCUT2D eigenvalue weighted by Gasteiger charge is 2.36. The molecule has 0 spiro atoms. The molecule has 0 bridgehead atoms. The molecule has 1 N–H and O–H groups in total. The van der Waals surface area contributed by atoms with E-state index in [1.807, 2.05) is 0 Å². The Hall–Kier alpha value is -0.460. The lowest BCUT2D eigenvalue weighted by molar-refractivity contribution is -0.118. The molecule has 0 aromatic heterocycles. The van der Waals surface area contributed by atoms with Gasteiger partial charge in [-0.05, 0) is 32.6 Å². The van der Waals surface area contributed by atoms with Gasteiger partial charge in [-0.2, -0.15) is 17.4 Å². The Morgan fingerprint density at radius 1 is 1.29 bits per heavy atom. The third kappa shape index (κ3) is 3.50. The highest BCUT2D eigenvalue weighted by molar-refractivity contribution is 7.87. The highest BCUT2D eigenvalue weighted by Crippen LogP contribution is 2.25. The quantitative estimate of drug-likeness (QED) is 0.795. The number of hydrogen-bond donors (Lipinski definition) is 1. The molecule has 5 nitrogen and oxygen atoms in total. The largest absolute Gasteiger partial charge is 0.300 e. The molecule has 2 rings (SSSR count). The van der Waals surface area contributed by atoms with Gasteiger partial charge in [0.05, 0.1) is 0 Å². The maximum atomic E-state index is 12.1. The van der Waals surface area contributed by atoms with Crippen LogP contribution in [0.4, 0.5) is 0 Å². The normalized spacial score (nSPS) is 27.0. The van der Waals surface area contributed by atoms with Crippen molar-refractivity contribution in [3.63, 3.8) is 0 Å². The predicted molar refractivity (Wildman–Crippen MR) is 64.7 cm³/mol. The first-order valence-corrected chi connectivity index (χ1v) is 7.71. The van der Waals surface area contributed by atoms with Crippen molar-refractivity contribution in [2.45, 2.75) is 57.5 Å². The molecule has 1 saturated heterocycles. The van der Waals surface area contributed by atoms with Gasteiger partial charge in [0.15, 0.2) is 0 Å². The van der Waals surface area contributed by atoms with Gasteiger partial charge in [0.25, 0.3) is 10.2 Å². The molecule has 2 aliphatic rings. The number of hydrogen-bond acceptors (Lipinski definition) is 3. The van der Waals surface area contributed by atoms with Crippen molar-refractivity contribution < 1.29 is 13.2 Å². The number of nitrogens with one attached hydrogen (secondary N) is 1. The maximum Gasteiger partial charge on any atom is 0.279 e. The lowest BCUT2D eigenvalue weighted by Gasteiger charge is -2.34. The van der Waals surface area contributed by atoms with Crippen LogP contribution in [0.3, 0.4) is 0 Å². The Morgan fingerprint density at radius 3 is 2.59 bits per heavy atom. The monoisotopic (exact) mass is 260 g/mol. The molecule has 0 radical (unpaired) electrons. The van der Waals surface area contributed by atoms with Crippen LogP contribution in [0.5, 0.6) is 0 Å². The summed E-state index contributed by atoms with van der Waals surface area (Å²) in [5, 5.41) is 0. The number of nitrogens with zero attached hydrogens (tertiary/aromatic N) is 1. The Kier molecular flexibility index (Phi) is 3.85. The standard InChI is InChI=1S/C11H20N2O3S/c1-9(14)8-11-4-2-3-7-13(11)17(15,16)12-10-5-6-10/h10-12H,2-8H2,1H3. The third-order valence-corrected chi connectivity index (χ3v) is 5.03. The molecule has 6 heteroatoms. The molecule has 1 saturated carbocycles. The SMILES string of the molecule is CC(=O)CC1CCCCN1S(=O)(=O)NC1CC1. The summed E-state index contributed by atoms with van der Waals surface area (Å²) >= 11 is 0. The fourth-order valence-corrected chi connectivity index (χ4v) is 4.04. The summed E-state index contributed by atoms with van der Waals surface area (Å²) in [7, 11) is -3.38. The molecule has 1 heterocycles. The van der Waals surface area contributed by atoms with Gasteiger partial charge < -0.3 is 0 Å². The van der Waals surface area contributed by atoms with Crippen LogP contribution in [-0.4, -0.2) is 37.1 Å². The smallest absolute Gasteiger partial charge is 0.279 e. The van der Waals surface area contributed by atoms with E-state index < -0.39 is 10.2 Å². The first-order chi connectivity index (χ1) is 7.99. The van der Waals surface area contributed by atoms with Crippen LogP contribution in [0, 0.1) is 0 Å². The van der Waals surface area contributed by atoms with Crippen molar-refractivity contribution >= 4 is 16.0 Å². The fraction of sp³-hybridized carbons (Fsp3) is 0.909. The zero-order chi connectivity index (χ0) is 12.5. The average molecular weight is 260 g/mol. The minimum absolute atomic E-state index is 0.0588. The van der Waals surface area contributed by atoms with Crippen LogP contribution >= 0.6 is 0 Å². The van der Waals surface area contributed by atoms with Gasteiger partial charge >= 0.3 is 0 Å². The second-order valence-electron chi connectivity index (χ2n) is 5.06. The third-order valence-electron chi connectivity index (χ3n) is 3.30. The number of piperidine rings is 1. The summed E-state index contributed by atoms with van der Waals surface area (Å²) in [6, 6.07) is -0.0163. The number of ketones is 1. The van der Waals surface area contributed by atoms with Gasteiger partial charge in [-0.3, -0.25) is 4.79 Å². The van der Waals surface area contributed by atoms with Crippen molar-refractivity contribution in [1.82, 2.24) is 9.03 Å². The van der Waals surface area contributed by atoms with E-state index in [9.17, 15) is 13.2 Å². The van der Waals surface area contributed by atoms with Crippen LogP contribution in [0.2, 0.25) is 0 Å². The average Bonchev–Trinajstić information content (AvgIpc) is 3.00. The molecule has 1 atom stereocenters. The number of Topliss-reactive ketones (excluding diaryl/α,β-unsaturated/α-hetero) is 1. The summed E-state index contributed by atoms with van der Waals surface area (Å²) in [5.41, 5.74) is 0. The van der Waals surface area contributed by atoms with Gasteiger partial charge in [-0.15, -0.1) is 0 Å². The van der Waals surface area contributed by atoms with E-state index in [0.29, 0.717) is 13.0 Å². The van der Waals surface area contributed by atoms with Crippen molar-refractivity contribution in [2.24, 2.45) is 0 Å². The highest BCUT2D eigenvalue weighted by atomic mass is 32.2. The van der Waals surface area contributed by atoms with Crippen LogP contribution in [0.15, 0.2) is 0 Å². The predicted octanol–water partition coefficient (Wildman–Crippen LogP) is 0.817. The van der Waals surface area contributed by atoms with E-state index >= 15 is 0 Å². The summed E-state index contributed by atoms with van der Waals surface area (Å²) in [6.07, 6.45) is 4.90. The minimum atomic E-state index is -3.38. The zero-order valence-electron chi connectivity index (χ0n) is 10.2. The van der Waals surface area contributed by atoms with E-state index in [1.54, 1.807) is 0 Å². The van der Waals surface area contributed by atoms with Gasteiger partial charge in [0.1, 0.15) is 5.78 Å². The second-order valence-corrected chi connectivity index (χ2v) is 6.72. The number of rotatable bonds is 5. The molecule has 1 aliphatic carbocycles. The fourth-order valence-electron chi connectivity index (χ4n) is 2.31. The lowest BCUT2D eigenvalue weighted by Crippen LogP contribution is -2.50. The molecular weight excluding hydrogens is 240 g/mol. The topological polar surface area (TPSA) is 66.5 Å². The Morgan fingerprint density at radius 2 is 2.00 bits per heavy atom. The van der Waals surface area contributed by atoms with E-state index in [1.165, 1.54) is 11.2 Å². The Balaban J connectivity index is 2.06. The molecule has 1 aliphatic heterocycles. The first kappa shape index (κ1) is 13.0. The number of carbonyl (C=O) groups excluding carboxylic acids is 1. The van der Waals surface area contributed by atoms with Gasteiger partial charge in [-0.25, -0.2) is 0 Å². The van der Waals surface area contributed by atoms with Crippen molar-refractivity contribution in [1.29, 1.82) is 0 Å². The Labute approximate surface area is 103 Å². The van der Waals surface area contributed by atoms with Crippen molar-refractivity contribution in [3.05, 3.63) is 0 Å². The van der Waals surface area contributed by atoms with Gasteiger partial charge in [0.2, 0.25) is 0 Å². The van der Waals surface area contributed by atoms with Crippen LogP contribution in [-0.2, 0) is 15.0 Å². The first-order valence-electron chi connectivity index (χ1n) is 6.27. The zero-order valence-corrected chi connectivity index (χ0v) is 11.0. The van der Waals surface area contributed by atoms with Gasteiger partial charge in [-0.1, -0.05) is 6.42 Å². The van der Waals surface area contributed by atoms with Crippen LogP contribution in [0.1, 0.15) is 45.4 Å². The molecule has 98 valence electrons. The maximum absolute atomic E-state index is 12.1. The summed E-state index contributed by atoms with van der Waals surface area (Å²) < 4.78 is 28.4. The molecule has 0 aromatic rings. The summed E-state index contributed by atoms with van der Waals surface area (Å²) in [5.74, 6) is 0.0588. The molecule has 17 heavy (non-hydrogen) atoms.